The molecule has 0 radical (unpaired) electrons. The van der Waals surface area contributed by atoms with Crippen molar-refractivity contribution in [3.05, 3.63) is 54.0 Å². The highest BCUT2D eigenvalue weighted by Gasteiger charge is 2.12. The number of hydrogen-bond acceptors (Lipinski definition) is 5. The van der Waals surface area contributed by atoms with Gasteiger partial charge in [-0.15, -0.1) is 0 Å². The molecule has 0 spiro atoms. The lowest BCUT2D eigenvalue weighted by Crippen LogP contribution is -2.20. The Hall–Kier alpha value is -2.60. The van der Waals surface area contributed by atoms with E-state index in [0.29, 0.717) is 5.82 Å². The average Bonchev–Trinajstić information content (AvgIpc) is 2.96. The van der Waals surface area contributed by atoms with Gasteiger partial charge in [-0.2, -0.15) is 0 Å². The third-order valence-electron chi connectivity index (χ3n) is 3.41. The fourth-order valence-corrected chi connectivity index (χ4v) is 2.28. The molecule has 0 amide bonds. The molecule has 0 aliphatic heterocycles. The zero-order valence-electron chi connectivity index (χ0n) is 12.1. The van der Waals surface area contributed by atoms with Crippen LogP contribution in [0.3, 0.4) is 0 Å². The molecule has 2 heterocycles. The number of imidazole rings is 1. The number of rotatable bonds is 4. The molecule has 1 aromatic carbocycles. The van der Waals surface area contributed by atoms with Crippen LogP contribution in [0.25, 0.3) is 5.65 Å². The molecule has 0 fully saturated rings. The van der Waals surface area contributed by atoms with Crippen LogP contribution in [-0.4, -0.2) is 21.4 Å². The summed E-state index contributed by atoms with van der Waals surface area (Å²) in [5.41, 5.74) is 5.88. The Morgan fingerprint density at radius 2 is 2.05 bits per heavy atom. The van der Waals surface area contributed by atoms with Crippen molar-refractivity contribution in [3.63, 3.8) is 0 Å². The molecule has 0 unspecified atom stereocenters. The van der Waals surface area contributed by atoms with Crippen LogP contribution in [0.15, 0.2) is 42.9 Å². The van der Waals surface area contributed by atoms with Crippen molar-refractivity contribution in [2.24, 2.45) is 5.84 Å². The molecule has 6 nitrogen and oxygen atoms in total. The Kier molecular flexibility index (Phi) is 3.45. The van der Waals surface area contributed by atoms with E-state index in [0.717, 1.165) is 18.0 Å². The lowest BCUT2D eigenvalue weighted by molar-refractivity contribution is 0.891. The summed E-state index contributed by atoms with van der Waals surface area (Å²) in [6.45, 7) is 2.84. The van der Waals surface area contributed by atoms with Gasteiger partial charge in [-0.1, -0.05) is 29.8 Å². The number of aromatic nitrogens is 3. The molecule has 0 atom stereocenters. The largest absolute Gasteiger partial charge is 0.352 e. The third kappa shape index (κ3) is 2.66. The fraction of sp³-hybridized carbons (Fsp3) is 0.200. The van der Waals surface area contributed by atoms with E-state index in [4.69, 9.17) is 5.84 Å². The van der Waals surface area contributed by atoms with Gasteiger partial charge >= 0.3 is 0 Å². The zero-order chi connectivity index (χ0) is 14.8. The maximum absolute atomic E-state index is 5.48. The Morgan fingerprint density at radius 1 is 1.29 bits per heavy atom. The fourth-order valence-electron chi connectivity index (χ4n) is 2.28. The van der Waals surface area contributed by atoms with Gasteiger partial charge in [0.25, 0.3) is 0 Å². The molecule has 3 N–H and O–H groups in total. The number of fused-ring (bicyclic) bond motifs is 1. The lowest BCUT2D eigenvalue weighted by atomic mass is 10.1. The Balaban J connectivity index is 1.94. The molecular formula is C15H18N6. The lowest BCUT2D eigenvalue weighted by Gasteiger charge is -2.19. The van der Waals surface area contributed by atoms with Gasteiger partial charge < -0.3 is 14.7 Å². The highest BCUT2D eigenvalue weighted by molar-refractivity contribution is 5.66. The second-order valence-corrected chi connectivity index (χ2v) is 5.09. The first-order valence-corrected chi connectivity index (χ1v) is 6.74. The molecule has 0 saturated carbocycles. The summed E-state index contributed by atoms with van der Waals surface area (Å²) in [5.74, 6) is 6.87. The number of benzene rings is 1. The van der Waals surface area contributed by atoms with E-state index in [1.165, 1.54) is 11.1 Å². The zero-order valence-corrected chi connectivity index (χ0v) is 12.1. The molecule has 21 heavy (non-hydrogen) atoms. The number of nitrogens with one attached hydrogen (secondary N) is 1. The van der Waals surface area contributed by atoms with Crippen molar-refractivity contribution >= 4 is 17.3 Å². The van der Waals surface area contributed by atoms with Crippen LogP contribution in [0.5, 0.6) is 0 Å². The maximum Gasteiger partial charge on any atom is 0.180 e. The highest BCUT2D eigenvalue weighted by atomic mass is 15.3. The normalized spacial score (nSPS) is 10.8. The van der Waals surface area contributed by atoms with Crippen LogP contribution in [-0.2, 0) is 6.54 Å². The summed E-state index contributed by atoms with van der Waals surface area (Å²) in [4.78, 5) is 10.9. The Morgan fingerprint density at radius 3 is 2.76 bits per heavy atom. The van der Waals surface area contributed by atoms with E-state index in [1.807, 2.05) is 23.8 Å². The van der Waals surface area contributed by atoms with E-state index >= 15 is 0 Å². The smallest absolute Gasteiger partial charge is 0.180 e. The number of anilines is 2. The summed E-state index contributed by atoms with van der Waals surface area (Å²) in [6.07, 6.45) is 5.44. The Labute approximate surface area is 123 Å². The van der Waals surface area contributed by atoms with Crippen molar-refractivity contribution < 1.29 is 0 Å². The van der Waals surface area contributed by atoms with Crippen molar-refractivity contribution in [1.82, 2.24) is 14.4 Å². The topological polar surface area (TPSA) is 71.5 Å². The second-order valence-electron chi connectivity index (χ2n) is 5.09. The van der Waals surface area contributed by atoms with Crippen LogP contribution >= 0.6 is 0 Å². The molecule has 0 aliphatic carbocycles. The van der Waals surface area contributed by atoms with Crippen LogP contribution in [0.4, 0.5) is 11.6 Å². The van der Waals surface area contributed by atoms with Gasteiger partial charge in [-0.25, -0.2) is 15.8 Å². The third-order valence-corrected chi connectivity index (χ3v) is 3.41. The van der Waals surface area contributed by atoms with E-state index in [-0.39, 0.29) is 0 Å². The SMILES string of the molecule is Cc1ccc(CN(C)c2nc(NN)cn3ccnc23)cc1. The van der Waals surface area contributed by atoms with Gasteiger partial charge in [0.15, 0.2) is 17.3 Å². The van der Waals surface area contributed by atoms with Gasteiger partial charge in [0.2, 0.25) is 0 Å². The monoisotopic (exact) mass is 282 g/mol. The number of nitrogen functional groups attached to an aromatic ring is 1. The number of aryl methyl sites for hydroxylation is 1. The Bertz CT molecular complexity index is 746. The molecule has 0 bridgehead atoms. The van der Waals surface area contributed by atoms with E-state index in [2.05, 4.69) is 51.5 Å². The van der Waals surface area contributed by atoms with E-state index < -0.39 is 0 Å². The minimum atomic E-state index is 0.603. The van der Waals surface area contributed by atoms with Crippen LogP contribution < -0.4 is 16.2 Å². The molecule has 3 aromatic rings. The molecule has 6 heteroatoms. The van der Waals surface area contributed by atoms with E-state index in [9.17, 15) is 0 Å². The van der Waals surface area contributed by atoms with Gasteiger partial charge in [0, 0.05) is 26.0 Å². The number of nitrogens with two attached hydrogens (primary N) is 1. The number of hydrazine groups is 1. The van der Waals surface area contributed by atoms with Crippen molar-refractivity contribution in [3.8, 4) is 0 Å². The van der Waals surface area contributed by atoms with Crippen molar-refractivity contribution in [2.45, 2.75) is 13.5 Å². The van der Waals surface area contributed by atoms with Gasteiger partial charge in [0.1, 0.15) is 0 Å². The highest BCUT2D eigenvalue weighted by Crippen LogP contribution is 2.21. The van der Waals surface area contributed by atoms with Crippen molar-refractivity contribution in [2.75, 3.05) is 17.4 Å². The summed E-state index contributed by atoms with van der Waals surface area (Å²) in [5, 5.41) is 0. The average molecular weight is 282 g/mol. The number of nitrogens with zero attached hydrogens (tertiary/aromatic N) is 4. The minimum Gasteiger partial charge on any atom is -0.352 e. The van der Waals surface area contributed by atoms with Crippen LogP contribution in [0.1, 0.15) is 11.1 Å². The minimum absolute atomic E-state index is 0.603. The summed E-state index contributed by atoms with van der Waals surface area (Å²) in [6, 6.07) is 8.47. The first kappa shape index (κ1) is 13.4. The predicted octanol–water partition coefficient (Wildman–Crippen LogP) is 1.96. The van der Waals surface area contributed by atoms with Crippen molar-refractivity contribution in [1.29, 1.82) is 0 Å². The second kappa shape index (κ2) is 5.41. The number of hydrogen-bond donors (Lipinski definition) is 2. The molecule has 3 rings (SSSR count). The van der Waals surface area contributed by atoms with Gasteiger partial charge in [-0.05, 0) is 12.5 Å². The molecular weight excluding hydrogens is 264 g/mol. The first-order chi connectivity index (χ1) is 10.2. The maximum atomic E-state index is 5.48. The van der Waals surface area contributed by atoms with Crippen LogP contribution in [0, 0.1) is 6.92 Å². The summed E-state index contributed by atoms with van der Waals surface area (Å²) < 4.78 is 1.91. The van der Waals surface area contributed by atoms with Gasteiger partial charge in [-0.3, -0.25) is 0 Å². The molecule has 0 saturated heterocycles. The summed E-state index contributed by atoms with van der Waals surface area (Å²) in [7, 11) is 2.00. The predicted molar refractivity (Wildman–Crippen MR) is 84.1 cm³/mol. The molecule has 0 aliphatic rings. The molecule has 108 valence electrons. The standard InChI is InChI=1S/C15H18N6/c1-11-3-5-12(6-4-11)9-20(2)15-14-17-7-8-21(14)10-13(18-15)19-16/h3-8,10,19H,9,16H2,1-2H3. The first-order valence-electron chi connectivity index (χ1n) is 6.74. The molecule has 2 aromatic heterocycles. The van der Waals surface area contributed by atoms with Crippen LogP contribution in [0.2, 0.25) is 0 Å². The van der Waals surface area contributed by atoms with E-state index in [1.54, 1.807) is 6.20 Å². The quantitative estimate of drug-likeness (QED) is 0.565. The van der Waals surface area contributed by atoms with Gasteiger partial charge in [0.05, 0.1) is 6.20 Å². The summed E-state index contributed by atoms with van der Waals surface area (Å²) >= 11 is 0.